The predicted molar refractivity (Wildman–Crippen MR) is 47.2 cm³/mol. The minimum Gasteiger partial charge on any atom is -1.00 e. The molecule has 0 atom stereocenters. The van der Waals surface area contributed by atoms with Gasteiger partial charge in [0.2, 0.25) is 0 Å². The fraction of sp³-hybridized carbons (Fsp3) is 0.857. The van der Waals surface area contributed by atoms with Gasteiger partial charge in [0, 0.05) is 23.2 Å². The summed E-state index contributed by atoms with van der Waals surface area (Å²) in [6.45, 7) is 8.24. The molecule has 0 bridgehead atoms. The van der Waals surface area contributed by atoms with E-state index in [2.05, 4.69) is 27.7 Å². The predicted octanol–water partition coefficient (Wildman–Crippen LogP) is -0.347. The molecule has 4 heteroatoms. The van der Waals surface area contributed by atoms with Crippen molar-refractivity contribution in [3.8, 4) is 0 Å². The molecule has 1 nitrogen and oxygen atoms in total. The van der Waals surface area contributed by atoms with Crippen LogP contribution in [0.5, 0.6) is 0 Å². The van der Waals surface area contributed by atoms with Gasteiger partial charge in [0.25, 0.3) is 0 Å². The summed E-state index contributed by atoms with van der Waals surface area (Å²) in [5.74, 6) is 0. The average Bonchev–Trinajstić information content (AvgIpc) is 1.59. The maximum absolute atomic E-state index is 5.64. The van der Waals surface area contributed by atoms with Crippen LogP contribution in [0.15, 0.2) is 0 Å². The molecule has 0 aliphatic heterocycles. The zero-order valence-corrected chi connectivity index (χ0v) is 9.50. The molecule has 0 spiro atoms. The minimum absolute atomic E-state index is 0. The van der Waals surface area contributed by atoms with Gasteiger partial charge in [0.15, 0.2) is 0 Å². The highest BCUT2D eigenvalue weighted by Gasteiger charge is 2.17. The Balaban J connectivity index is 0. The van der Waals surface area contributed by atoms with Crippen LogP contribution in [-0.4, -0.2) is 21.3 Å². The van der Waals surface area contributed by atoms with Crippen LogP contribution in [0, 0.1) is 0 Å². The van der Waals surface area contributed by atoms with E-state index in [-0.39, 0.29) is 12.4 Å². The summed E-state index contributed by atoms with van der Waals surface area (Å²) in [5.41, 5.74) is 0. The lowest BCUT2D eigenvalue weighted by Crippen LogP contribution is -3.00. The van der Waals surface area contributed by atoms with Gasteiger partial charge in [-0.25, -0.2) is 4.58 Å². The largest absolute Gasteiger partial charge is 1.00 e. The molecule has 0 radical (unpaired) electrons. The Labute approximate surface area is 84.8 Å². The van der Waals surface area contributed by atoms with Gasteiger partial charge in [-0.1, -0.05) is 0 Å². The highest BCUT2D eigenvalue weighted by Crippen LogP contribution is 2.03. The third kappa shape index (κ3) is 4.89. The first kappa shape index (κ1) is 14.1. The molecule has 0 rings (SSSR count). The van der Waals surface area contributed by atoms with Gasteiger partial charge < -0.3 is 12.4 Å². The molecule has 0 aromatic rings. The molecule has 0 unspecified atom stereocenters. The lowest BCUT2D eigenvalue weighted by atomic mass is 10.3. The molecule has 0 aliphatic rings. The highest BCUT2D eigenvalue weighted by atomic mass is 35.5. The first-order valence-corrected chi connectivity index (χ1v) is 4.18. The Morgan fingerprint density at radius 1 is 1.00 bits per heavy atom. The van der Waals surface area contributed by atoms with E-state index in [9.17, 15) is 0 Å². The van der Waals surface area contributed by atoms with Gasteiger partial charge >= 0.3 is 4.63 Å². The van der Waals surface area contributed by atoms with E-state index in [0.717, 1.165) is 0 Å². The molecule has 0 aromatic heterocycles. The van der Waals surface area contributed by atoms with E-state index < -0.39 is 0 Å². The van der Waals surface area contributed by atoms with E-state index in [4.69, 9.17) is 23.2 Å². The van der Waals surface area contributed by atoms with E-state index in [1.54, 1.807) is 0 Å². The van der Waals surface area contributed by atoms with Crippen molar-refractivity contribution in [3.05, 3.63) is 0 Å². The Bertz CT molecular complexity index is 127. The number of hydrogen-bond donors (Lipinski definition) is 0. The van der Waals surface area contributed by atoms with Crippen LogP contribution >= 0.6 is 23.2 Å². The number of hydrogen-bond acceptors (Lipinski definition) is 0. The Kier molecular flexibility index (Phi) is 7.81. The van der Waals surface area contributed by atoms with Crippen LogP contribution in [0.3, 0.4) is 0 Å². The number of halogens is 3. The molecule has 0 saturated carbocycles. The first-order valence-electron chi connectivity index (χ1n) is 3.43. The van der Waals surface area contributed by atoms with Crippen molar-refractivity contribution in [2.75, 3.05) is 0 Å². The monoisotopic (exact) mass is 217 g/mol. The average molecular weight is 219 g/mol. The molecular formula is C7H14Cl3N. The van der Waals surface area contributed by atoms with Crippen molar-refractivity contribution < 1.29 is 17.0 Å². The maximum atomic E-state index is 5.64. The second kappa shape index (κ2) is 6.10. The Morgan fingerprint density at radius 3 is 1.27 bits per heavy atom. The smallest absolute Gasteiger partial charge is 0.341 e. The van der Waals surface area contributed by atoms with Gasteiger partial charge in [0.1, 0.15) is 12.1 Å². The fourth-order valence-corrected chi connectivity index (χ4v) is 1.77. The molecule has 0 aromatic carbocycles. The standard InChI is InChI=1S/C7H14Cl2N.ClH/c1-5(2)10(6(3)4)7(8)9;/h5-6H,1-4H3;1H/q+1;/p-1. The van der Waals surface area contributed by atoms with Crippen molar-refractivity contribution in [1.29, 1.82) is 0 Å². The Morgan fingerprint density at radius 2 is 1.27 bits per heavy atom. The summed E-state index contributed by atoms with van der Waals surface area (Å²) in [6.07, 6.45) is 0. The summed E-state index contributed by atoms with van der Waals surface area (Å²) >= 11 is 11.3. The lowest BCUT2D eigenvalue weighted by Gasteiger charge is -2.09. The van der Waals surface area contributed by atoms with Crippen molar-refractivity contribution in [3.63, 3.8) is 0 Å². The molecule has 0 amide bonds. The molecule has 0 aliphatic carbocycles. The van der Waals surface area contributed by atoms with E-state index in [0.29, 0.717) is 16.7 Å². The first-order chi connectivity index (χ1) is 4.46. The second-order valence-electron chi connectivity index (χ2n) is 2.84. The molecule has 0 saturated heterocycles. The third-order valence-electron chi connectivity index (χ3n) is 1.31. The summed E-state index contributed by atoms with van der Waals surface area (Å²) in [4.78, 5) is 0. The lowest BCUT2D eigenvalue weighted by molar-refractivity contribution is -0.583. The molecule has 0 heterocycles. The van der Waals surface area contributed by atoms with Gasteiger partial charge in [-0.15, -0.1) is 0 Å². The molecular weight excluding hydrogens is 204 g/mol. The summed E-state index contributed by atoms with van der Waals surface area (Å²) < 4.78 is 2.30. The van der Waals surface area contributed by atoms with Crippen molar-refractivity contribution >= 4 is 27.8 Å². The van der Waals surface area contributed by atoms with Crippen molar-refractivity contribution in [2.45, 2.75) is 39.8 Å². The Hall–Kier alpha value is 0.540. The molecule has 68 valence electrons. The van der Waals surface area contributed by atoms with Crippen LogP contribution in [0.4, 0.5) is 0 Å². The minimum atomic E-state index is 0. The third-order valence-corrected chi connectivity index (χ3v) is 1.70. The zero-order chi connectivity index (χ0) is 8.31. The number of rotatable bonds is 2. The van der Waals surface area contributed by atoms with Gasteiger partial charge in [0.05, 0.1) is 0 Å². The maximum Gasteiger partial charge on any atom is 0.341 e. The fourth-order valence-electron chi connectivity index (χ4n) is 0.987. The molecule has 11 heavy (non-hydrogen) atoms. The van der Waals surface area contributed by atoms with Crippen molar-refractivity contribution in [1.82, 2.24) is 0 Å². The highest BCUT2D eigenvalue weighted by molar-refractivity contribution is 6.94. The van der Waals surface area contributed by atoms with Crippen LogP contribution in [-0.2, 0) is 0 Å². The summed E-state index contributed by atoms with van der Waals surface area (Å²) in [7, 11) is 0. The number of nitrogens with zero attached hydrogens (tertiary/aromatic N) is 1. The molecule has 0 fully saturated rings. The summed E-state index contributed by atoms with van der Waals surface area (Å²) in [6, 6.07) is 0.731. The summed E-state index contributed by atoms with van der Waals surface area (Å²) in [5, 5.41) is 0. The van der Waals surface area contributed by atoms with Crippen LogP contribution in [0.25, 0.3) is 0 Å². The van der Waals surface area contributed by atoms with Crippen molar-refractivity contribution in [2.24, 2.45) is 0 Å². The topological polar surface area (TPSA) is 3.01 Å². The van der Waals surface area contributed by atoms with Gasteiger partial charge in [-0.3, -0.25) is 0 Å². The van der Waals surface area contributed by atoms with Crippen LogP contribution < -0.4 is 12.4 Å². The normalized spacial score (nSPS) is 9.82. The van der Waals surface area contributed by atoms with E-state index in [1.807, 2.05) is 4.58 Å². The molecule has 0 N–H and O–H groups in total. The van der Waals surface area contributed by atoms with Gasteiger partial charge in [-0.2, -0.15) is 0 Å². The van der Waals surface area contributed by atoms with Crippen LogP contribution in [0.2, 0.25) is 0 Å². The quantitative estimate of drug-likeness (QED) is 0.441. The van der Waals surface area contributed by atoms with E-state index >= 15 is 0 Å². The zero-order valence-electron chi connectivity index (χ0n) is 7.24. The second-order valence-corrected chi connectivity index (χ2v) is 3.74. The van der Waals surface area contributed by atoms with E-state index in [1.165, 1.54) is 0 Å². The van der Waals surface area contributed by atoms with Crippen LogP contribution in [0.1, 0.15) is 27.7 Å². The van der Waals surface area contributed by atoms with Gasteiger partial charge in [-0.05, 0) is 27.7 Å². The SMILES string of the molecule is CC(C)[N+](=C(Cl)Cl)C(C)C.[Cl-].